The quantitative estimate of drug-likeness (QED) is 0.566. The lowest BCUT2D eigenvalue weighted by molar-refractivity contribution is -0.131. The number of aliphatic hydroxyl groups is 1. The van der Waals surface area contributed by atoms with Gasteiger partial charge in [-0.05, 0) is 18.6 Å². The summed E-state index contributed by atoms with van der Waals surface area (Å²) in [5.74, 6) is -0.170. The molecule has 2 saturated heterocycles. The molecule has 4 atom stereocenters. The third kappa shape index (κ3) is 2.36. The van der Waals surface area contributed by atoms with Crippen LogP contribution in [0, 0.1) is 11.8 Å². The Balaban J connectivity index is 1.42. The molecule has 2 N–H and O–H groups in total. The number of nitrogens with one attached hydrogen (secondary N) is 1. The zero-order chi connectivity index (χ0) is 18.6. The van der Waals surface area contributed by atoms with Crippen LogP contribution in [-0.4, -0.2) is 55.1 Å². The largest absolute Gasteiger partial charge is 0.454 e. The molecule has 142 valence electrons. The summed E-state index contributed by atoms with van der Waals surface area (Å²) in [7, 11) is 0. The number of fused-ring (bicyclic) bond motifs is 2. The van der Waals surface area contributed by atoms with Gasteiger partial charge < -0.3 is 29.5 Å². The van der Waals surface area contributed by atoms with Gasteiger partial charge in [0.1, 0.15) is 5.60 Å². The second-order valence-electron chi connectivity index (χ2n) is 7.23. The first-order valence-electron chi connectivity index (χ1n) is 9.10. The summed E-state index contributed by atoms with van der Waals surface area (Å²) in [5.41, 5.74) is -0.0650. The minimum Gasteiger partial charge on any atom is -0.454 e. The molecule has 0 saturated carbocycles. The number of hydrogen-bond donors (Lipinski definition) is 2. The third-order valence-electron chi connectivity index (χ3n) is 5.71. The molecule has 2 fully saturated rings. The maximum Gasteiger partial charge on any atom is 0.234 e. The lowest BCUT2D eigenvalue weighted by atomic mass is 9.77. The van der Waals surface area contributed by atoms with Gasteiger partial charge in [-0.1, -0.05) is 12.2 Å². The van der Waals surface area contributed by atoms with Crippen molar-refractivity contribution in [3.05, 3.63) is 30.4 Å². The summed E-state index contributed by atoms with van der Waals surface area (Å²) in [6, 6.07) is 5.38. The molecule has 4 aliphatic rings. The number of nitrogens with zero attached hydrogens (tertiary/aromatic N) is 1. The second-order valence-corrected chi connectivity index (χ2v) is 7.23. The highest BCUT2D eigenvalue weighted by atomic mass is 16.7. The number of aliphatic hydroxyl groups excluding tert-OH is 1. The van der Waals surface area contributed by atoms with Crippen LogP contribution < -0.4 is 19.7 Å². The van der Waals surface area contributed by atoms with Gasteiger partial charge in [0, 0.05) is 24.9 Å². The summed E-state index contributed by atoms with van der Waals surface area (Å²) < 4.78 is 16.8. The Hall–Kier alpha value is -2.58. The summed E-state index contributed by atoms with van der Waals surface area (Å²) in [6.07, 6.45) is 3.90. The Morgan fingerprint density at radius 1 is 1.33 bits per heavy atom. The number of rotatable bonds is 5. The highest BCUT2D eigenvalue weighted by molar-refractivity contribution is 6.03. The molecule has 4 heterocycles. The van der Waals surface area contributed by atoms with Crippen molar-refractivity contribution in [2.45, 2.75) is 18.1 Å². The SMILES string of the molecule is O=C(NCCCO)C1C2C(=O)N(c3ccc4c(c3)OCO4)CC23C=C[C@H]1O3. The minimum absolute atomic E-state index is 0.00890. The lowest BCUT2D eigenvalue weighted by Crippen LogP contribution is -2.44. The molecule has 1 aromatic carbocycles. The summed E-state index contributed by atoms with van der Waals surface area (Å²) in [5, 5.41) is 11.7. The molecule has 3 unspecified atom stereocenters. The van der Waals surface area contributed by atoms with Gasteiger partial charge in [0.25, 0.3) is 0 Å². The highest BCUT2D eigenvalue weighted by Crippen LogP contribution is 2.53. The van der Waals surface area contributed by atoms with Crippen molar-refractivity contribution in [3.8, 4) is 11.5 Å². The van der Waals surface area contributed by atoms with Gasteiger partial charge >= 0.3 is 0 Å². The van der Waals surface area contributed by atoms with Gasteiger partial charge in [0.2, 0.25) is 18.6 Å². The zero-order valence-electron chi connectivity index (χ0n) is 14.6. The predicted molar refractivity (Wildman–Crippen MR) is 93.4 cm³/mol. The van der Waals surface area contributed by atoms with Gasteiger partial charge in [0.15, 0.2) is 11.5 Å². The molecular weight excluding hydrogens is 352 g/mol. The number of carbonyl (C=O) groups excluding carboxylic acids is 2. The molecule has 27 heavy (non-hydrogen) atoms. The van der Waals surface area contributed by atoms with E-state index < -0.39 is 17.4 Å². The Bertz CT molecular complexity index is 839. The molecule has 8 heteroatoms. The van der Waals surface area contributed by atoms with E-state index in [9.17, 15) is 9.59 Å². The topological polar surface area (TPSA) is 97.3 Å². The standard InChI is InChI=1S/C19H20N2O6/c22-7-1-6-20-17(23)15-13-4-5-19(27-13)9-21(18(24)16(15)19)11-2-3-12-14(8-11)26-10-25-12/h2-5,8,13,15-16,22H,1,6-7,9-10H2,(H,20,23)/t13-,15?,16?,19?/m1/s1. The third-order valence-corrected chi connectivity index (χ3v) is 5.71. The summed E-state index contributed by atoms with van der Waals surface area (Å²) >= 11 is 0. The van der Waals surface area contributed by atoms with E-state index in [1.54, 1.807) is 17.0 Å². The van der Waals surface area contributed by atoms with Gasteiger partial charge in [-0.15, -0.1) is 0 Å². The maximum absolute atomic E-state index is 13.2. The van der Waals surface area contributed by atoms with E-state index in [1.807, 2.05) is 18.2 Å². The smallest absolute Gasteiger partial charge is 0.234 e. The average Bonchev–Trinajstić information content (AvgIpc) is 3.41. The van der Waals surface area contributed by atoms with E-state index in [0.29, 0.717) is 36.7 Å². The number of ether oxygens (including phenoxy) is 3. The van der Waals surface area contributed by atoms with Crippen LogP contribution in [0.25, 0.3) is 0 Å². The van der Waals surface area contributed by atoms with E-state index in [4.69, 9.17) is 19.3 Å². The summed E-state index contributed by atoms with van der Waals surface area (Å²) in [4.78, 5) is 27.6. The first-order valence-corrected chi connectivity index (χ1v) is 9.10. The molecule has 8 nitrogen and oxygen atoms in total. The van der Waals surface area contributed by atoms with Crippen molar-refractivity contribution >= 4 is 17.5 Å². The van der Waals surface area contributed by atoms with Gasteiger partial charge in [0.05, 0.1) is 24.5 Å². The number of carbonyl (C=O) groups is 2. The van der Waals surface area contributed by atoms with Gasteiger partial charge in [-0.25, -0.2) is 0 Å². The average molecular weight is 372 g/mol. The van der Waals surface area contributed by atoms with Crippen molar-refractivity contribution in [3.63, 3.8) is 0 Å². The first kappa shape index (κ1) is 16.6. The van der Waals surface area contributed by atoms with E-state index in [0.717, 1.165) is 0 Å². The molecule has 1 aromatic rings. The number of benzene rings is 1. The van der Waals surface area contributed by atoms with Gasteiger partial charge in [-0.2, -0.15) is 0 Å². The fourth-order valence-corrected chi connectivity index (χ4v) is 4.48. The Morgan fingerprint density at radius 3 is 3.04 bits per heavy atom. The van der Waals surface area contributed by atoms with Crippen molar-refractivity contribution < 1.29 is 28.9 Å². The molecule has 0 aliphatic carbocycles. The van der Waals surface area contributed by atoms with Crippen LogP contribution in [0.5, 0.6) is 11.5 Å². The Morgan fingerprint density at radius 2 is 2.19 bits per heavy atom. The molecule has 5 rings (SSSR count). The molecular formula is C19H20N2O6. The first-order chi connectivity index (χ1) is 13.1. The normalized spacial score (nSPS) is 32.3. The highest BCUT2D eigenvalue weighted by Gasteiger charge is 2.67. The van der Waals surface area contributed by atoms with E-state index in [2.05, 4.69) is 5.32 Å². The Labute approximate surface area is 155 Å². The molecule has 0 radical (unpaired) electrons. The molecule has 2 amide bonds. The van der Waals surface area contributed by atoms with Crippen LogP contribution >= 0.6 is 0 Å². The predicted octanol–water partition coefficient (Wildman–Crippen LogP) is 0.200. The van der Waals surface area contributed by atoms with Crippen molar-refractivity contribution in [2.24, 2.45) is 11.8 Å². The Kier molecular flexibility index (Phi) is 3.66. The van der Waals surface area contributed by atoms with E-state index in [1.165, 1.54) is 0 Å². The van der Waals surface area contributed by atoms with E-state index in [-0.39, 0.29) is 31.3 Å². The molecule has 0 aromatic heterocycles. The van der Waals surface area contributed by atoms with Crippen molar-refractivity contribution in [2.75, 3.05) is 31.4 Å². The van der Waals surface area contributed by atoms with Crippen LogP contribution in [0.2, 0.25) is 0 Å². The number of hydrogen-bond acceptors (Lipinski definition) is 6. The van der Waals surface area contributed by atoms with Gasteiger partial charge in [-0.3, -0.25) is 9.59 Å². The van der Waals surface area contributed by atoms with Crippen LogP contribution in [0.4, 0.5) is 5.69 Å². The van der Waals surface area contributed by atoms with Crippen LogP contribution in [0.15, 0.2) is 30.4 Å². The van der Waals surface area contributed by atoms with Crippen molar-refractivity contribution in [1.29, 1.82) is 0 Å². The van der Waals surface area contributed by atoms with Crippen molar-refractivity contribution in [1.82, 2.24) is 5.32 Å². The molecule has 1 spiro atoms. The van der Waals surface area contributed by atoms with Crippen LogP contribution in [-0.2, 0) is 14.3 Å². The van der Waals surface area contributed by atoms with Crippen LogP contribution in [0.3, 0.4) is 0 Å². The monoisotopic (exact) mass is 372 g/mol. The number of amides is 2. The van der Waals surface area contributed by atoms with E-state index >= 15 is 0 Å². The fraction of sp³-hybridized carbons (Fsp3) is 0.474. The fourth-order valence-electron chi connectivity index (χ4n) is 4.48. The minimum atomic E-state index is -0.767. The number of anilines is 1. The second kappa shape index (κ2) is 5.97. The lowest BCUT2D eigenvalue weighted by Gasteiger charge is -2.23. The summed E-state index contributed by atoms with van der Waals surface area (Å²) in [6.45, 7) is 0.920. The molecule has 4 aliphatic heterocycles. The maximum atomic E-state index is 13.2. The molecule has 2 bridgehead atoms. The zero-order valence-corrected chi connectivity index (χ0v) is 14.6. The van der Waals surface area contributed by atoms with Crippen LogP contribution in [0.1, 0.15) is 6.42 Å².